The number of hydrogen-bond acceptors (Lipinski definition) is 3. The van der Waals surface area contributed by atoms with E-state index in [0.29, 0.717) is 5.28 Å². The molecule has 1 saturated heterocycles. The van der Waals surface area contributed by atoms with Crippen LogP contribution in [0.5, 0.6) is 0 Å². The van der Waals surface area contributed by atoms with Crippen LogP contribution in [0.1, 0.15) is 19.8 Å². The van der Waals surface area contributed by atoms with E-state index in [-0.39, 0.29) is 0 Å². The Balaban J connectivity index is 2.18. The van der Waals surface area contributed by atoms with Gasteiger partial charge >= 0.3 is 0 Å². The van der Waals surface area contributed by atoms with Crippen LogP contribution in [-0.2, 0) is 0 Å². The SMILES string of the molecule is CC1CCN(c2nc(Cl)ncc2I)CC1. The highest BCUT2D eigenvalue weighted by molar-refractivity contribution is 14.1. The third-order valence-electron chi connectivity index (χ3n) is 2.78. The molecule has 2 heterocycles. The summed E-state index contributed by atoms with van der Waals surface area (Å²) in [5.41, 5.74) is 0. The molecule has 0 aliphatic carbocycles. The second kappa shape index (κ2) is 4.82. The van der Waals surface area contributed by atoms with E-state index in [1.807, 2.05) is 0 Å². The lowest BCUT2D eigenvalue weighted by molar-refractivity contribution is 0.436. The second-order valence-corrected chi connectivity index (χ2v) is 5.48. The van der Waals surface area contributed by atoms with Crippen molar-refractivity contribution >= 4 is 40.0 Å². The summed E-state index contributed by atoms with van der Waals surface area (Å²) in [6.07, 6.45) is 4.25. The average molecular weight is 338 g/mol. The Hall–Kier alpha value is -0.100. The molecule has 0 spiro atoms. The van der Waals surface area contributed by atoms with E-state index in [4.69, 9.17) is 11.6 Å². The van der Waals surface area contributed by atoms with Crippen molar-refractivity contribution in [2.75, 3.05) is 18.0 Å². The van der Waals surface area contributed by atoms with Gasteiger partial charge in [-0.15, -0.1) is 0 Å². The summed E-state index contributed by atoms with van der Waals surface area (Å²) >= 11 is 8.07. The van der Waals surface area contributed by atoms with Gasteiger partial charge in [0.2, 0.25) is 5.28 Å². The van der Waals surface area contributed by atoms with Crippen LogP contribution >= 0.6 is 34.2 Å². The van der Waals surface area contributed by atoms with E-state index in [1.165, 1.54) is 12.8 Å². The van der Waals surface area contributed by atoms with Crippen molar-refractivity contribution in [3.05, 3.63) is 15.1 Å². The van der Waals surface area contributed by atoms with Crippen LogP contribution in [-0.4, -0.2) is 23.1 Å². The molecule has 1 aliphatic rings. The van der Waals surface area contributed by atoms with E-state index < -0.39 is 0 Å². The standard InChI is InChI=1S/C10H13ClIN3/c1-7-2-4-15(5-3-7)9-8(12)6-13-10(11)14-9/h6-7H,2-5H2,1H3. The average Bonchev–Trinajstić information content (AvgIpc) is 2.23. The van der Waals surface area contributed by atoms with Crippen LogP contribution in [0.15, 0.2) is 6.20 Å². The highest BCUT2D eigenvalue weighted by Crippen LogP contribution is 2.25. The van der Waals surface area contributed by atoms with Gasteiger partial charge in [-0.05, 0) is 53.0 Å². The predicted molar refractivity (Wildman–Crippen MR) is 70.4 cm³/mol. The number of nitrogens with zero attached hydrogens (tertiary/aromatic N) is 3. The van der Waals surface area contributed by atoms with Crippen LogP contribution in [0.25, 0.3) is 0 Å². The first-order valence-corrected chi connectivity index (χ1v) is 6.55. The molecule has 1 aromatic heterocycles. The Morgan fingerprint density at radius 2 is 2.13 bits per heavy atom. The zero-order valence-corrected chi connectivity index (χ0v) is 11.5. The van der Waals surface area contributed by atoms with Gasteiger partial charge in [-0.2, -0.15) is 4.98 Å². The van der Waals surface area contributed by atoms with Crippen molar-refractivity contribution in [1.82, 2.24) is 9.97 Å². The fourth-order valence-corrected chi connectivity index (χ4v) is 2.51. The second-order valence-electron chi connectivity index (χ2n) is 3.98. The van der Waals surface area contributed by atoms with Gasteiger partial charge in [-0.25, -0.2) is 4.98 Å². The zero-order valence-electron chi connectivity index (χ0n) is 8.58. The molecule has 0 radical (unpaired) electrons. The van der Waals surface area contributed by atoms with Gasteiger partial charge in [0, 0.05) is 19.3 Å². The summed E-state index contributed by atoms with van der Waals surface area (Å²) in [4.78, 5) is 10.6. The van der Waals surface area contributed by atoms with Crippen molar-refractivity contribution in [3.63, 3.8) is 0 Å². The first-order chi connectivity index (χ1) is 7.16. The van der Waals surface area contributed by atoms with Gasteiger partial charge in [0.25, 0.3) is 0 Å². The molecule has 0 unspecified atom stereocenters. The molecule has 0 bridgehead atoms. The van der Waals surface area contributed by atoms with Crippen molar-refractivity contribution in [2.45, 2.75) is 19.8 Å². The van der Waals surface area contributed by atoms with E-state index in [2.05, 4.69) is 44.4 Å². The van der Waals surface area contributed by atoms with E-state index in [1.54, 1.807) is 6.20 Å². The Morgan fingerprint density at radius 3 is 2.80 bits per heavy atom. The van der Waals surface area contributed by atoms with E-state index >= 15 is 0 Å². The highest BCUT2D eigenvalue weighted by atomic mass is 127. The maximum atomic E-state index is 5.81. The van der Waals surface area contributed by atoms with Crippen LogP contribution < -0.4 is 4.90 Å². The summed E-state index contributed by atoms with van der Waals surface area (Å²) in [5.74, 6) is 1.82. The molecule has 1 fully saturated rings. The molecular weight excluding hydrogens is 324 g/mol. The molecule has 0 saturated carbocycles. The van der Waals surface area contributed by atoms with Crippen LogP contribution in [0.3, 0.4) is 0 Å². The summed E-state index contributed by atoms with van der Waals surface area (Å²) in [6, 6.07) is 0. The molecule has 2 rings (SSSR count). The first-order valence-electron chi connectivity index (χ1n) is 5.10. The van der Waals surface area contributed by atoms with Gasteiger partial charge in [0.1, 0.15) is 5.82 Å². The Kier molecular flexibility index (Phi) is 3.66. The fraction of sp³-hybridized carbons (Fsp3) is 0.600. The van der Waals surface area contributed by atoms with Crippen molar-refractivity contribution in [2.24, 2.45) is 5.92 Å². The van der Waals surface area contributed by atoms with Crippen LogP contribution in [0.2, 0.25) is 5.28 Å². The minimum absolute atomic E-state index is 0.337. The number of rotatable bonds is 1. The van der Waals surface area contributed by atoms with E-state index in [9.17, 15) is 0 Å². The quantitative estimate of drug-likeness (QED) is 0.583. The topological polar surface area (TPSA) is 29.0 Å². The Morgan fingerprint density at radius 1 is 1.47 bits per heavy atom. The van der Waals surface area contributed by atoms with Crippen LogP contribution in [0, 0.1) is 9.49 Å². The molecule has 82 valence electrons. The number of piperidine rings is 1. The van der Waals surface area contributed by atoms with Gasteiger partial charge in [-0.3, -0.25) is 0 Å². The zero-order chi connectivity index (χ0) is 10.8. The largest absolute Gasteiger partial charge is 0.356 e. The van der Waals surface area contributed by atoms with Crippen molar-refractivity contribution in [1.29, 1.82) is 0 Å². The van der Waals surface area contributed by atoms with Crippen molar-refractivity contribution in [3.8, 4) is 0 Å². The lowest BCUT2D eigenvalue weighted by atomic mass is 9.99. The summed E-state index contributed by atoms with van der Waals surface area (Å²) in [7, 11) is 0. The minimum atomic E-state index is 0.337. The number of hydrogen-bond donors (Lipinski definition) is 0. The smallest absolute Gasteiger partial charge is 0.224 e. The summed E-state index contributed by atoms with van der Waals surface area (Å²) in [5, 5.41) is 0.337. The normalized spacial score (nSPS) is 18.2. The molecule has 0 aromatic carbocycles. The molecule has 0 atom stereocenters. The molecule has 5 heteroatoms. The molecular formula is C10H13ClIN3. The number of aromatic nitrogens is 2. The minimum Gasteiger partial charge on any atom is -0.356 e. The molecule has 1 aromatic rings. The van der Waals surface area contributed by atoms with E-state index in [0.717, 1.165) is 28.4 Å². The van der Waals surface area contributed by atoms with Gasteiger partial charge in [0.15, 0.2) is 0 Å². The lowest BCUT2D eigenvalue weighted by Crippen LogP contribution is -2.34. The third kappa shape index (κ3) is 2.72. The maximum Gasteiger partial charge on any atom is 0.224 e. The molecule has 1 aliphatic heterocycles. The molecule has 0 N–H and O–H groups in total. The maximum absolute atomic E-state index is 5.81. The highest BCUT2D eigenvalue weighted by Gasteiger charge is 2.19. The fourth-order valence-electron chi connectivity index (χ4n) is 1.78. The third-order valence-corrected chi connectivity index (χ3v) is 3.72. The van der Waals surface area contributed by atoms with Gasteiger partial charge < -0.3 is 4.90 Å². The first kappa shape index (κ1) is 11.4. The number of halogens is 2. The Labute approximate surface area is 108 Å². The van der Waals surface area contributed by atoms with Crippen LogP contribution in [0.4, 0.5) is 5.82 Å². The Bertz CT molecular complexity index is 351. The summed E-state index contributed by atoms with van der Waals surface area (Å²) in [6.45, 7) is 4.45. The lowest BCUT2D eigenvalue weighted by Gasteiger charge is -2.31. The molecule has 15 heavy (non-hydrogen) atoms. The summed E-state index contributed by atoms with van der Waals surface area (Å²) < 4.78 is 1.08. The molecule has 0 amide bonds. The predicted octanol–water partition coefficient (Wildman–Crippen LogP) is 2.97. The monoisotopic (exact) mass is 337 g/mol. The van der Waals surface area contributed by atoms with Crippen molar-refractivity contribution < 1.29 is 0 Å². The van der Waals surface area contributed by atoms with Gasteiger partial charge in [0.05, 0.1) is 3.57 Å². The van der Waals surface area contributed by atoms with Gasteiger partial charge in [-0.1, -0.05) is 6.92 Å². The molecule has 3 nitrogen and oxygen atoms in total. The number of anilines is 1.